The number of ether oxygens (including phenoxy) is 3. The highest BCUT2D eigenvalue weighted by Crippen LogP contribution is 2.17. The van der Waals surface area contributed by atoms with Crippen LogP contribution in [0.25, 0.3) is 0 Å². The maximum absolute atomic E-state index is 12.9. The fourth-order valence-electron chi connectivity index (χ4n) is 10.0. The molecule has 0 rings (SSSR count). The molecule has 0 aromatic rings. The first kappa shape index (κ1) is 75.1. The van der Waals surface area contributed by atoms with Gasteiger partial charge in [0.15, 0.2) is 6.10 Å². The van der Waals surface area contributed by atoms with Crippen LogP contribution in [0.15, 0.2) is 60.8 Å². The van der Waals surface area contributed by atoms with E-state index in [2.05, 4.69) is 81.5 Å². The van der Waals surface area contributed by atoms with Gasteiger partial charge >= 0.3 is 17.9 Å². The van der Waals surface area contributed by atoms with Gasteiger partial charge in [-0.25, -0.2) is 0 Å². The van der Waals surface area contributed by atoms with Crippen molar-refractivity contribution in [1.29, 1.82) is 0 Å². The second kappa shape index (κ2) is 66.6. The van der Waals surface area contributed by atoms with Gasteiger partial charge in [0.1, 0.15) is 13.2 Å². The van der Waals surface area contributed by atoms with Gasteiger partial charge in [-0.1, -0.05) is 300 Å². The molecule has 0 amide bonds. The molecule has 0 fully saturated rings. The highest BCUT2D eigenvalue weighted by molar-refractivity contribution is 5.71. The highest BCUT2D eigenvalue weighted by Gasteiger charge is 2.19. The van der Waals surface area contributed by atoms with Crippen molar-refractivity contribution in [2.45, 2.75) is 367 Å². The van der Waals surface area contributed by atoms with E-state index in [9.17, 15) is 14.4 Å². The van der Waals surface area contributed by atoms with Gasteiger partial charge < -0.3 is 14.2 Å². The molecule has 0 saturated heterocycles. The van der Waals surface area contributed by atoms with E-state index >= 15 is 0 Å². The summed E-state index contributed by atoms with van der Waals surface area (Å²) in [4.78, 5) is 38.3. The lowest BCUT2D eigenvalue weighted by Crippen LogP contribution is -2.30. The maximum Gasteiger partial charge on any atom is 0.306 e. The monoisotopic (exact) mass is 1090 g/mol. The summed E-state index contributed by atoms with van der Waals surface area (Å²) in [5.74, 6) is -0.870. The molecule has 0 aliphatic rings. The minimum absolute atomic E-state index is 0.0749. The number of allylic oxidation sites excluding steroid dienone is 10. The van der Waals surface area contributed by atoms with E-state index in [1.54, 1.807) is 0 Å². The Balaban J connectivity index is 4.18. The molecule has 0 aliphatic carbocycles. The van der Waals surface area contributed by atoms with Crippen molar-refractivity contribution in [3.05, 3.63) is 60.8 Å². The summed E-state index contributed by atoms with van der Waals surface area (Å²) in [5, 5.41) is 0. The molecule has 0 heterocycles. The molecule has 0 spiro atoms. The largest absolute Gasteiger partial charge is 0.462 e. The normalized spacial score (nSPS) is 12.4. The Morgan fingerprint density at radius 1 is 0.256 bits per heavy atom. The minimum Gasteiger partial charge on any atom is -0.462 e. The number of rotatable bonds is 63. The van der Waals surface area contributed by atoms with Crippen molar-refractivity contribution in [2.75, 3.05) is 13.2 Å². The van der Waals surface area contributed by atoms with Crippen LogP contribution in [0.4, 0.5) is 0 Å². The molecule has 6 nitrogen and oxygen atoms in total. The Labute approximate surface area is 485 Å². The van der Waals surface area contributed by atoms with Gasteiger partial charge in [0, 0.05) is 19.3 Å². The van der Waals surface area contributed by atoms with E-state index < -0.39 is 6.10 Å². The van der Waals surface area contributed by atoms with Crippen molar-refractivity contribution in [3.8, 4) is 0 Å². The van der Waals surface area contributed by atoms with Crippen LogP contribution < -0.4 is 0 Å². The quantitative estimate of drug-likeness (QED) is 0.0261. The molecular formula is C72H130O6. The molecule has 0 aliphatic heterocycles. The summed E-state index contributed by atoms with van der Waals surface area (Å²) < 4.78 is 16.9. The van der Waals surface area contributed by atoms with Crippen molar-refractivity contribution < 1.29 is 28.6 Å². The first-order chi connectivity index (χ1) is 38.5. The van der Waals surface area contributed by atoms with Crippen LogP contribution in [0.2, 0.25) is 0 Å². The summed E-state index contributed by atoms with van der Waals surface area (Å²) in [6, 6.07) is 0. The third-order valence-electron chi connectivity index (χ3n) is 15.2. The third-order valence-corrected chi connectivity index (χ3v) is 15.2. The first-order valence-electron chi connectivity index (χ1n) is 34.3. The van der Waals surface area contributed by atoms with Gasteiger partial charge in [-0.05, 0) is 103 Å². The Morgan fingerprint density at radius 3 is 0.769 bits per heavy atom. The fraction of sp³-hybridized carbons (Fsp3) is 0.819. The fourth-order valence-corrected chi connectivity index (χ4v) is 10.0. The van der Waals surface area contributed by atoms with Crippen LogP contribution in [0, 0.1) is 0 Å². The molecule has 0 aromatic carbocycles. The highest BCUT2D eigenvalue weighted by atomic mass is 16.6. The van der Waals surface area contributed by atoms with Gasteiger partial charge in [-0.3, -0.25) is 14.4 Å². The minimum atomic E-state index is -0.778. The smallest absolute Gasteiger partial charge is 0.306 e. The SMILES string of the molecule is CCC/C=C\CCCCCCCC(=O)OCC(COC(=O)CCCCCCCCCCCCCCCCC/C=C\C/C=C\CCCCCCC)OC(=O)CCCCCCCCCCCCC/C=C\C/C=C\CCCCCCC. The van der Waals surface area contributed by atoms with Crippen molar-refractivity contribution in [1.82, 2.24) is 0 Å². The van der Waals surface area contributed by atoms with E-state index in [0.717, 1.165) is 83.5 Å². The summed E-state index contributed by atoms with van der Waals surface area (Å²) >= 11 is 0. The maximum atomic E-state index is 12.9. The number of carbonyl (C=O) groups is 3. The zero-order valence-electron chi connectivity index (χ0n) is 52.2. The molecule has 0 bridgehead atoms. The van der Waals surface area contributed by atoms with Crippen LogP contribution in [0.1, 0.15) is 361 Å². The molecule has 6 heteroatoms. The summed E-state index contributed by atoms with van der Waals surface area (Å²) in [6.45, 7) is 6.60. The predicted octanol–water partition coefficient (Wildman–Crippen LogP) is 23.5. The lowest BCUT2D eigenvalue weighted by atomic mass is 10.0. The van der Waals surface area contributed by atoms with Crippen molar-refractivity contribution >= 4 is 17.9 Å². The number of hydrogen-bond acceptors (Lipinski definition) is 6. The van der Waals surface area contributed by atoms with Crippen molar-refractivity contribution in [3.63, 3.8) is 0 Å². The van der Waals surface area contributed by atoms with E-state index in [-0.39, 0.29) is 31.1 Å². The van der Waals surface area contributed by atoms with Crippen LogP contribution in [0.5, 0.6) is 0 Å². The number of unbranched alkanes of at least 4 members (excludes halogenated alkanes) is 42. The van der Waals surface area contributed by atoms with Gasteiger partial charge in [-0.15, -0.1) is 0 Å². The molecule has 0 radical (unpaired) electrons. The van der Waals surface area contributed by atoms with Gasteiger partial charge in [0.05, 0.1) is 0 Å². The standard InChI is InChI=1S/C72H130O6/c1-4-7-10-13-16-19-22-24-26-28-30-32-34-35-36-37-39-40-42-44-46-48-50-53-56-59-62-65-71(74)77-68-69(67-76-70(73)64-61-58-55-52-21-18-15-12-9-6-3)78-72(75)66-63-60-57-54-51-49-47-45-43-41-38-33-31-29-27-25-23-20-17-14-11-8-5-2/h12,15,22-25,28-31,69H,4-11,13-14,16-21,26-27,32-68H2,1-3H3/b15-12-,24-22-,25-23-,30-28-,31-29-. The summed E-state index contributed by atoms with van der Waals surface area (Å²) in [7, 11) is 0. The van der Waals surface area contributed by atoms with Gasteiger partial charge in [0.25, 0.3) is 0 Å². The average molecular weight is 1090 g/mol. The first-order valence-corrected chi connectivity index (χ1v) is 34.3. The molecular weight excluding hydrogens is 961 g/mol. The predicted molar refractivity (Wildman–Crippen MR) is 339 cm³/mol. The van der Waals surface area contributed by atoms with Crippen LogP contribution in [0.3, 0.4) is 0 Å². The number of carbonyl (C=O) groups excluding carboxylic acids is 3. The molecule has 78 heavy (non-hydrogen) atoms. The molecule has 0 N–H and O–H groups in total. The van der Waals surface area contributed by atoms with Crippen LogP contribution in [-0.2, 0) is 28.6 Å². The second-order valence-electron chi connectivity index (χ2n) is 23.1. The van der Waals surface area contributed by atoms with Gasteiger partial charge in [0.2, 0.25) is 0 Å². The zero-order chi connectivity index (χ0) is 56.4. The second-order valence-corrected chi connectivity index (χ2v) is 23.1. The molecule has 454 valence electrons. The topological polar surface area (TPSA) is 78.9 Å². The molecule has 0 aromatic heterocycles. The van der Waals surface area contributed by atoms with E-state index in [1.165, 1.54) is 238 Å². The Hall–Kier alpha value is -2.89. The molecule has 1 unspecified atom stereocenters. The van der Waals surface area contributed by atoms with Crippen molar-refractivity contribution in [2.24, 2.45) is 0 Å². The third kappa shape index (κ3) is 63.9. The Kier molecular flexibility index (Phi) is 64.2. The average Bonchev–Trinajstić information content (AvgIpc) is 3.44. The van der Waals surface area contributed by atoms with E-state index in [1.807, 2.05) is 0 Å². The number of hydrogen-bond donors (Lipinski definition) is 0. The summed E-state index contributed by atoms with van der Waals surface area (Å²) in [6.07, 6.45) is 85.4. The van der Waals surface area contributed by atoms with Crippen LogP contribution in [-0.4, -0.2) is 37.2 Å². The molecule has 0 saturated carbocycles. The summed E-state index contributed by atoms with van der Waals surface area (Å²) in [5.41, 5.74) is 0. The van der Waals surface area contributed by atoms with E-state index in [0.29, 0.717) is 19.3 Å². The van der Waals surface area contributed by atoms with Crippen LogP contribution >= 0.6 is 0 Å². The lowest BCUT2D eigenvalue weighted by molar-refractivity contribution is -0.167. The lowest BCUT2D eigenvalue weighted by Gasteiger charge is -2.18. The molecule has 1 atom stereocenters. The van der Waals surface area contributed by atoms with E-state index in [4.69, 9.17) is 14.2 Å². The Morgan fingerprint density at radius 2 is 0.487 bits per heavy atom. The number of esters is 3. The van der Waals surface area contributed by atoms with Gasteiger partial charge in [-0.2, -0.15) is 0 Å². The zero-order valence-corrected chi connectivity index (χ0v) is 52.2. The Bertz CT molecular complexity index is 1390.